The fraction of sp³-hybridized carbons (Fsp3) is 0.455. The molecule has 2 rings (SSSR count). The molecule has 0 saturated carbocycles. The van der Waals surface area contributed by atoms with Crippen molar-refractivity contribution in [3.05, 3.63) is 33.4 Å². The Morgan fingerprint density at radius 3 is 2.50 bits per heavy atom. The second-order valence-electron chi connectivity index (χ2n) is 4.21. The Labute approximate surface area is 94.0 Å². The third kappa shape index (κ3) is 1.99. The maximum absolute atomic E-state index is 10.9. The smallest absolute Gasteiger partial charge is 0.292 e. The van der Waals surface area contributed by atoms with Crippen LogP contribution in [0, 0.1) is 24.0 Å². The van der Waals surface area contributed by atoms with Gasteiger partial charge in [-0.05, 0) is 31.0 Å². The maximum Gasteiger partial charge on any atom is 0.292 e. The Kier molecular flexibility index (Phi) is 2.78. The van der Waals surface area contributed by atoms with Crippen LogP contribution in [0.25, 0.3) is 0 Å². The van der Waals surface area contributed by atoms with E-state index in [0.717, 1.165) is 24.2 Å². The summed E-state index contributed by atoms with van der Waals surface area (Å²) in [7, 11) is 0. The number of benzene rings is 1. The molecule has 16 heavy (non-hydrogen) atoms. The standard InChI is InChI=1S/C11H15N3O2/c1-7-3-10(13-9-5-12-6-9)11(14(15)16)4-8(7)2/h3-4,9,12-13H,5-6H2,1-2H3. The number of nitrogens with one attached hydrogen (secondary N) is 2. The number of aryl methyl sites for hydroxylation is 2. The van der Waals surface area contributed by atoms with E-state index < -0.39 is 0 Å². The van der Waals surface area contributed by atoms with Crippen LogP contribution in [-0.2, 0) is 0 Å². The highest BCUT2D eigenvalue weighted by atomic mass is 16.6. The molecule has 0 aliphatic carbocycles. The molecule has 86 valence electrons. The molecule has 1 saturated heterocycles. The van der Waals surface area contributed by atoms with Crippen molar-refractivity contribution in [2.45, 2.75) is 19.9 Å². The van der Waals surface area contributed by atoms with Crippen molar-refractivity contribution >= 4 is 11.4 Å². The molecule has 0 spiro atoms. The molecule has 0 aromatic heterocycles. The van der Waals surface area contributed by atoms with Crippen LogP contribution in [0.5, 0.6) is 0 Å². The van der Waals surface area contributed by atoms with Gasteiger partial charge in [-0.25, -0.2) is 0 Å². The molecular formula is C11H15N3O2. The molecule has 0 radical (unpaired) electrons. The Bertz CT molecular complexity index is 427. The third-order valence-corrected chi connectivity index (χ3v) is 2.95. The summed E-state index contributed by atoms with van der Waals surface area (Å²) < 4.78 is 0. The SMILES string of the molecule is Cc1cc(NC2CNC2)c([N+](=O)[O-])cc1C. The van der Waals surface area contributed by atoms with E-state index in [9.17, 15) is 10.1 Å². The number of anilines is 1. The van der Waals surface area contributed by atoms with Gasteiger partial charge in [-0.3, -0.25) is 10.1 Å². The topological polar surface area (TPSA) is 67.2 Å². The highest BCUT2D eigenvalue weighted by Gasteiger charge is 2.21. The largest absolute Gasteiger partial charge is 0.374 e. The quantitative estimate of drug-likeness (QED) is 0.601. The van der Waals surface area contributed by atoms with Crippen LogP contribution in [0.2, 0.25) is 0 Å². The van der Waals surface area contributed by atoms with Gasteiger partial charge in [0.25, 0.3) is 5.69 Å². The first-order chi connectivity index (χ1) is 7.58. The van der Waals surface area contributed by atoms with E-state index >= 15 is 0 Å². The van der Waals surface area contributed by atoms with E-state index in [-0.39, 0.29) is 10.6 Å². The number of rotatable bonds is 3. The van der Waals surface area contributed by atoms with E-state index in [0.29, 0.717) is 11.7 Å². The molecule has 1 heterocycles. The highest BCUT2D eigenvalue weighted by Crippen LogP contribution is 2.28. The average molecular weight is 221 g/mol. The Hall–Kier alpha value is -1.62. The number of hydrogen-bond acceptors (Lipinski definition) is 4. The molecule has 5 heteroatoms. The van der Waals surface area contributed by atoms with E-state index in [4.69, 9.17) is 0 Å². The minimum absolute atomic E-state index is 0.162. The molecule has 1 aromatic rings. The van der Waals surface area contributed by atoms with E-state index in [1.54, 1.807) is 6.07 Å². The van der Waals surface area contributed by atoms with E-state index in [2.05, 4.69) is 10.6 Å². The zero-order valence-electron chi connectivity index (χ0n) is 9.41. The van der Waals surface area contributed by atoms with Gasteiger partial charge in [0, 0.05) is 19.2 Å². The summed E-state index contributed by atoms with van der Waals surface area (Å²) in [6, 6.07) is 3.79. The van der Waals surface area contributed by atoms with E-state index in [1.807, 2.05) is 19.9 Å². The van der Waals surface area contributed by atoms with Crippen molar-refractivity contribution in [3.8, 4) is 0 Å². The summed E-state index contributed by atoms with van der Waals surface area (Å²) in [5, 5.41) is 17.2. The van der Waals surface area contributed by atoms with Crippen molar-refractivity contribution in [1.29, 1.82) is 0 Å². The fourth-order valence-electron chi connectivity index (χ4n) is 1.68. The molecule has 1 aliphatic rings. The fourth-order valence-corrected chi connectivity index (χ4v) is 1.68. The zero-order valence-corrected chi connectivity index (χ0v) is 9.41. The van der Waals surface area contributed by atoms with Gasteiger partial charge in [0.2, 0.25) is 0 Å². The van der Waals surface area contributed by atoms with Crippen LogP contribution < -0.4 is 10.6 Å². The molecule has 5 nitrogen and oxygen atoms in total. The lowest BCUT2D eigenvalue weighted by Gasteiger charge is -2.29. The summed E-state index contributed by atoms with van der Waals surface area (Å²) in [6.07, 6.45) is 0. The van der Waals surface area contributed by atoms with Gasteiger partial charge in [0.05, 0.1) is 11.0 Å². The first-order valence-electron chi connectivity index (χ1n) is 5.31. The van der Waals surface area contributed by atoms with Crippen LogP contribution in [0.1, 0.15) is 11.1 Å². The Balaban J connectivity index is 2.32. The Morgan fingerprint density at radius 1 is 1.38 bits per heavy atom. The van der Waals surface area contributed by atoms with Crippen molar-refractivity contribution < 1.29 is 4.92 Å². The second kappa shape index (κ2) is 4.09. The number of nitro benzene ring substituents is 1. The molecule has 1 fully saturated rings. The minimum atomic E-state index is -0.332. The number of nitrogens with zero attached hydrogens (tertiary/aromatic N) is 1. The van der Waals surface area contributed by atoms with Gasteiger partial charge >= 0.3 is 0 Å². The molecule has 2 N–H and O–H groups in total. The summed E-state index contributed by atoms with van der Waals surface area (Å²) in [5.41, 5.74) is 2.80. The number of hydrogen-bond donors (Lipinski definition) is 2. The van der Waals surface area contributed by atoms with Gasteiger partial charge in [0.15, 0.2) is 0 Å². The van der Waals surface area contributed by atoms with Crippen LogP contribution >= 0.6 is 0 Å². The predicted molar refractivity (Wildman–Crippen MR) is 62.9 cm³/mol. The van der Waals surface area contributed by atoms with Crippen molar-refractivity contribution in [3.63, 3.8) is 0 Å². The lowest BCUT2D eigenvalue weighted by molar-refractivity contribution is -0.384. The maximum atomic E-state index is 10.9. The summed E-state index contributed by atoms with van der Waals surface area (Å²) in [5.74, 6) is 0. The molecule has 0 unspecified atom stereocenters. The van der Waals surface area contributed by atoms with Crippen LogP contribution in [0.3, 0.4) is 0 Å². The molecule has 0 bridgehead atoms. The first-order valence-corrected chi connectivity index (χ1v) is 5.31. The Morgan fingerprint density at radius 2 is 2.00 bits per heavy atom. The summed E-state index contributed by atoms with van der Waals surface area (Å²) in [4.78, 5) is 10.6. The van der Waals surface area contributed by atoms with Gasteiger partial charge in [-0.15, -0.1) is 0 Å². The lowest BCUT2D eigenvalue weighted by Crippen LogP contribution is -2.51. The summed E-state index contributed by atoms with van der Waals surface area (Å²) in [6.45, 7) is 5.58. The normalized spacial score (nSPS) is 15.6. The predicted octanol–water partition coefficient (Wildman–Crippen LogP) is 1.60. The number of nitro groups is 1. The third-order valence-electron chi connectivity index (χ3n) is 2.95. The minimum Gasteiger partial charge on any atom is -0.374 e. The van der Waals surface area contributed by atoms with Crippen LogP contribution in [0.15, 0.2) is 12.1 Å². The summed E-state index contributed by atoms with van der Waals surface area (Å²) >= 11 is 0. The van der Waals surface area contributed by atoms with Crippen molar-refractivity contribution in [1.82, 2.24) is 5.32 Å². The lowest BCUT2D eigenvalue weighted by atomic mass is 10.1. The molecular weight excluding hydrogens is 206 g/mol. The van der Waals surface area contributed by atoms with Gasteiger partial charge in [-0.2, -0.15) is 0 Å². The monoisotopic (exact) mass is 221 g/mol. The molecule has 0 atom stereocenters. The van der Waals surface area contributed by atoms with Gasteiger partial charge in [0.1, 0.15) is 5.69 Å². The molecule has 1 aliphatic heterocycles. The van der Waals surface area contributed by atoms with E-state index in [1.165, 1.54) is 0 Å². The molecule has 1 aromatic carbocycles. The van der Waals surface area contributed by atoms with Gasteiger partial charge in [-0.1, -0.05) is 0 Å². The zero-order chi connectivity index (χ0) is 11.7. The van der Waals surface area contributed by atoms with Crippen molar-refractivity contribution in [2.75, 3.05) is 18.4 Å². The van der Waals surface area contributed by atoms with Crippen LogP contribution in [-0.4, -0.2) is 24.1 Å². The average Bonchev–Trinajstić information content (AvgIpc) is 2.16. The second-order valence-corrected chi connectivity index (χ2v) is 4.21. The highest BCUT2D eigenvalue weighted by molar-refractivity contribution is 5.65. The molecule has 0 amide bonds. The van der Waals surface area contributed by atoms with Crippen LogP contribution in [0.4, 0.5) is 11.4 Å². The first kappa shape index (κ1) is 10.9. The van der Waals surface area contributed by atoms with Gasteiger partial charge < -0.3 is 10.6 Å². The van der Waals surface area contributed by atoms with Crippen molar-refractivity contribution in [2.24, 2.45) is 0 Å².